The molecular formula is C31H33F3O. The number of aryl methyl sites for hydroxylation is 2. The first kappa shape index (κ1) is 24.1. The second-order valence-corrected chi connectivity index (χ2v) is 10.2. The van der Waals surface area contributed by atoms with Crippen LogP contribution in [-0.4, -0.2) is 6.61 Å². The van der Waals surface area contributed by atoms with Crippen molar-refractivity contribution in [2.45, 2.75) is 70.3 Å². The van der Waals surface area contributed by atoms with Gasteiger partial charge in [0.1, 0.15) is 11.9 Å². The predicted octanol–water partition coefficient (Wildman–Crippen LogP) is 8.70. The van der Waals surface area contributed by atoms with Gasteiger partial charge < -0.3 is 4.74 Å². The standard InChI is InChI=1S/C31H33F3O/c1-2-3-20-6-11-23(12-7-20)25-16-17-26(31(34)30(25)33)24-13-8-21(9-14-24)4-5-22-10-15-27(28(32)18-22)29-19-35-29/h6-7,10-12,15-18,21,24,29H,2-5,8-9,13-14,19H2,1H3. The summed E-state index contributed by atoms with van der Waals surface area (Å²) >= 11 is 0. The molecular weight excluding hydrogens is 445 g/mol. The van der Waals surface area contributed by atoms with Crippen LogP contribution in [0.1, 0.15) is 79.7 Å². The third kappa shape index (κ3) is 5.48. The zero-order chi connectivity index (χ0) is 24.4. The van der Waals surface area contributed by atoms with Gasteiger partial charge in [-0.25, -0.2) is 13.2 Å². The average molecular weight is 479 g/mol. The van der Waals surface area contributed by atoms with Gasteiger partial charge >= 0.3 is 0 Å². The third-order valence-corrected chi connectivity index (χ3v) is 7.79. The lowest BCUT2D eigenvalue weighted by Crippen LogP contribution is -2.15. The molecule has 1 saturated heterocycles. The van der Waals surface area contributed by atoms with Gasteiger partial charge in [-0.05, 0) is 85.1 Å². The number of rotatable bonds is 8. The van der Waals surface area contributed by atoms with Crippen LogP contribution in [0.2, 0.25) is 0 Å². The lowest BCUT2D eigenvalue weighted by atomic mass is 9.76. The SMILES string of the molecule is CCCc1ccc(-c2ccc(C3CCC(CCc4ccc(C5CO5)c(F)c4)CC3)c(F)c2F)cc1. The number of ether oxygens (including phenoxy) is 1. The third-order valence-electron chi connectivity index (χ3n) is 7.79. The Morgan fingerprint density at radius 3 is 2.11 bits per heavy atom. The Balaban J connectivity index is 1.18. The van der Waals surface area contributed by atoms with Crippen molar-refractivity contribution < 1.29 is 17.9 Å². The van der Waals surface area contributed by atoms with E-state index >= 15 is 8.78 Å². The second-order valence-electron chi connectivity index (χ2n) is 10.2. The van der Waals surface area contributed by atoms with E-state index in [0.717, 1.165) is 56.9 Å². The summed E-state index contributed by atoms with van der Waals surface area (Å²) in [6.45, 7) is 2.73. The molecule has 2 aliphatic rings. The molecule has 2 fully saturated rings. The summed E-state index contributed by atoms with van der Waals surface area (Å²) in [5, 5.41) is 0. The van der Waals surface area contributed by atoms with E-state index < -0.39 is 11.6 Å². The van der Waals surface area contributed by atoms with E-state index in [9.17, 15) is 4.39 Å². The van der Waals surface area contributed by atoms with Gasteiger partial charge in [-0.15, -0.1) is 0 Å². The zero-order valence-corrected chi connectivity index (χ0v) is 20.3. The normalized spacial score (nSPS) is 21.8. The van der Waals surface area contributed by atoms with E-state index in [-0.39, 0.29) is 17.8 Å². The van der Waals surface area contributed by atoms with E-state index in [1.165, 1.54) is 5.56 Å². The molecule has 184 valence electrons. The van der Waals surface area contributed by atoms with Gasteiger partial charge in [-0.3, -0.25) is 0 Å². The van der Waals surface area contributed by atoms with Crippen LogP contribution < -0.4 is 0 Å². The van der Waals surface area contributed by atoms with Crippen molar-refractivity contribution in [1.82, 2.24) is 0 Å². The van der Waals surface area contributed by atoms with Gasteiger partial charge in [0.05, 0.1) is 6.61 Å². The molecule has 0 aromatic heterocycles. The summed E-state index contributed by atoms with van der Waals surface area (Å²) in [5.74, 6) is -1.02. The monoisotopic (exact) mass is 478 g/mol. The molecule has 0 amide bonds. The van der Waals surface area contributed by atoms with Gasteiger partial charge in [0, 0.05) is 11.1 Å². The summed E-state index contributed by atoms with van der Waals surface area (Å²) in [6, 6.07) is 16.8. The van der Waals surface area contributed by atoms with Gasteiger partial charge in [0.25, 0.3) is 0 Å². The van der Waals surface area contributed by atoms with Crippen LogP contribution >= 0.6 is 0 Å². The van der Waals surface area contributed by atoms with Crippen molar-refractivity contribution in [3.8, 4) is 11.1 Å². The molecule has 0 N–H and O–H groups in total. The summed E-state index contributed by atoms with van der Waals surface area (Å²) in [7, 11) is 0. The van der Waals surface area contributed by atoms with E-state index in [0.29, 0.717) is 34.8 Å². The molecule has 1 atom stereocenters. The van der Waals surface area contributed by atoms with Crippen LogP contribution in [0.25, 0.3) is 11.1 Å². The Morgan fingerprint density at radius 1 is 0.771 bits per heavy atom. The topological polar surface area (TPSA) is 12.5 Å². The molecule has 35 heavy (non-hydrogen) atoms. The first-order valence-electron chi connectivity index (χ1n) is 13.0. The Labute approximate surface area is 206 Å². The fraction of sp³-hybridized carbons (Fsp3) is 0.419. The number of halogens is 3. The smallest absolute Gasteiger partial charge is 0.166 e. The molecule has 0 spiro atoms. The van der Waals surface area contributed by atoms with Crippen molar-refractivity contribution in [3.05, 3.63) is 94.3 Å². The Hall–Kier alpha value is -2.59. The molecule has 1 aliphatic carbocycles. The maximum absolute atomic E-state index is 15.1. The minimum atomic E-state index is -0.741. The maximum Gasteiger partial charge on any atom is 0.166 e. The van der Waals surface area contributed by atoms with Crippen LogP contribution in [-0.2, 0) is 17.6 Å². The summed E-state index contributed by atoms with van der Waals surface area (Å²) in [6.07, 6.45) is 7.51. The first-order valence-corrected chi connectivity index (χ1v) is 13.0. The Kier molecular flexibility index (Phi) is 7.29. The van der Waals surface area contributed by atoms with E-state index in [2.05, 4.69) is 6.92 Å². The van der Waals surface area contributed by atoms with Gasteiger partial charge in [-0.1, -0.05) is 61.9 Å². The zero-order valence-electron chi connectivity index (χ0n) is 20.3. The predicted molar refractivity (Wildman–Crippen MR) is 134 cm³/mol. The molecule has 0 bridgehead atoms. The Bertz CT molecular complexity index is 1160. The highest BCUT2D eigenvalue weighted by molar-refractivity contribution is 5.65. The molecule has 1 nitrogen and oxygen atoms in total. The molecule has 3 aromatic rings. The molecule has 0 radical (unpaired) electrons. The molecule has 1 saturated carbocycles. The molecule has 1 unspecified atom stereocenters. The number of hydrogen-bond donors (Lipinski definition) is 0. The van der Waals surface area contributed by atoms with Crippen LogP contribution in [0.5, 0.6) is 0 Å². The largest absolute Gasteiger partial charge is 0.368 e. The average Bonchev–Trinajstić information content (AvgIpc) is 3.71. The highest BCUT2D eigenvalue weighted by Crippen LogP contribution is 2.40. The number of hydrogen-bond acceptors (Lipinski definition) is 1. The van der Waals surface area contributed by atoms with Gasteiger partial charge in [0.15, 0.2) is 11.6 Å². The van der Waals surface area contributed by atoms with Gasteiger partial charge in [-0.2, -0.15) is 0 Å². The molecule has 5 rings (SSSR count). The van der Waals surface area contributed by atoms with Crippen molar-refractivity contribution in [1.29, 1.82) is 0 Å². The van der Waals surface area contributed by atoms with E-state index in [4.69, 9.17) is 4.74 Å². The quantitative estimate of drug-likeness (QED) is 0.295. The van der Waals surface area contributed by atoms with Crippen molar-refractivity contribution >= 4 is 0 Å². The molecule has 4 heteroatoms. The van der Waals surface area contributed by atoms with E-state index in [1.54, 1.807) is 18.2 Å². The molecule has 3 aromatic carbocycles. The summed E-state index contributed by atoms with van der Waals surface area (Å²) in [4.78, 5) is 0. The van der Waals surface area contributed by atoms with Crippen LogP contribution in [0.3, 0.4) is 0 Å². The second kappa shape index (κ2) is 10.6. The molecule has 1 aliphatic heterocycles. The lowest BCUT2D eigenvalue weighted by molar-refractivity contribution is 0.305. The van der Waals surface area contributed by atoms with Crippen molar-refractivity contribution in [3.63, 3.8) is 0 Å². The maximum atomic E-state index is 15.1. The van der Waals surface area contributed by atoms with Crippen LogP contribution in [0.4, 0.5) is 13.2 Å². The number of benzene rings is 3. The minimum absolute atomic E-state index is 0.0528. The highest BCUT2D eigenvalue weighted by Gasteiger charge is 2.28. The van der Waals surface area contributed by atoms with E-state index in [1.807, 2.05) is 36.4 Å². The fourth-order valence-corrected chi connectivity index (χ4v) is 5.59. The summed E-state index contributed by atoms with van der Waals surface area (Å²) < 4.78 is 49.6. The Morgan fingerprint density at radius 2 is 1.46 bits per heavy atom. The van der Waals surface area contributed by atoms with Crippen molar-refractivity contribution in [2.75, 3.05) is 6.61 Å². The van der Waals surface area contributed by atoms with Crippen LogP contribution in [0.15, 0.2) is 54.6 Å². The fourth-order valence-electron chi connectivity index (χ4n) is 5.59. The lowest BCUT2D eigenvalue weighted by Gasteiger charge is -2.29. The minimum Gasteiger partial charge on any atom is -0.368 e. The molecule has 1 heterocycles. The highest BCUT2D eigenvalue weighted by atomic mass is 19.2. The van der Waals surface area contributed by atoms with Crippen molar-refractivity contribution in [2.24, 2.45) is 5.92 Å². The van der Waals surface area contributed by atoms with Gasteiger partial charge in [0.2, 0.25) is 0 Å². The van der Waals surface area contributed by atoms with Crippen LogP contribution in [0, 0.1) is 23.4 Å². The summed E-state index contributed by atoms with van der Waals surface area (Å²) in [5.41, 5.74) is 4.43. The number of epoxide rings is 1. The first-order chi connectivity index (χ1) is 17.0.